The van der Waals surface area contributed by atoms with Gasteiger partial charge in [-0.3, -0.25) is 4.79 Å². The van der Waals surface area contributed by atoms with E-state index >= 15 is 0 Å². The molecule has 0 aliphatic heterocycles. The molecular formula is C7H6O4. The van der Waals surface area contributed by atoms with Crippen molar-refractivity contribution in [3.8, 4) is 17.2 Å². The molecule has 11 heavy (non-hydrogen) atoms. The summed E-state index contributed by atoms with van der Waals surface area (Å²) in [6.07, 6.45) is 0.268. The lowest BCUT2D eigenvalue weighted by atomic mass is 10.2. The Labute approximate surface area is 62.3 Å². The number of rotatable bonds is 1. The maximum absolute atomic E-state index is 10.2. The highest BCUT2D eigenvalue weighted by molar-refractivity contribution is 5.84. The molecule has 0 aromatic heterocycles. The summed E-state index contributed by atoms with van der Waals surface area (Å²) in [6.45, 7) is 0. The van der Waals surface area contributed by atoms with Gasteiger partial charge >= 0.3 is 0 Å². The first kappa shape index (κ1) is 7.40. The van der Waals surface area contributed by atoms with E-state index in [4.69, 9.17) is 15.3 Å². The summed E-state index contributed by atoms with van der Waals surface area (Å²) in [5.41, 5.74) is -0.301. The van der Waals surface area contributed by atoms with Crippen LogP contribution in [-0.2, 0) is 0 Å². The van der Waals surface area contributed by atoms with Crippen molar-refractivity contribution in [2.24, 2.45) is 0 Å². The minimum absolute atomic E-state index is 0.268. The van der Waals surface area contributed by atoms with E-state index in [9.17, 15) is 4.79 Å². The number of carbonyl (C=O) groups is 1. The molecule has 0 radical (unpaired) electrons. The highest BCUT2D eigenvalue weighted by atomic mass is 16.3. The molecule has 0 amide bonds. The molecule has 0 saturated carbocycles. The molecular weight excluding hydrogens is 148 g/mol. The smallest absolute Gasteiger partial charge is 0.171 e. The first-order valence-corrected chi connectivity index (χ1v) is 2.86. The van der Waals surface area contributed by atoms with Gasteiger partial charge in [-0.2, -0.15) is 0 Å². The predicted molar refractivity (Wildman–Crippen MR) is 36.8 cm³/mol. The molecule has 0 spiro atoms. The van der Waals surface area contributed by atoms with Crippen molar-refractivity contribution in [2.75, 3.05) is 0 Å². The fraction of sp³-hybridized carbons (Fsp3) is 0. The molecule has 0 atom stereocenters. The first-order chi connectivity index (χ1) is 5.16. The minimum Gasteiger partial charge on any atom is -0.507 e. The van der Waals surface area contributed by atoms with Crippen LogP contribution >= 0.6 is 0 Å². The number of phenolic OH excluding ortho intramolecular Hbond substituents is 3. The lowest BCUT2D eigenvalue weighted by Gasteiger charge is -2.01. The van der Waals surface area contributed by atoms with Gasteiger partial charge in [0.1, 0.15) is 11.3 Å². The van der Waals surface area contributed by atoms with Gasteiger partial charge in [0.2, 0.25) is 0 Å². The number of phenols is 3. The van der Waals surface area contributed by atoms with Gasteiger partial charge in [0.15, 0.2) is 17.8 Å². The molecule has 0 unspecified atom stereocenters. The van der Waals surface area contributed by atoms with Gasteiger partial charge in [0.25, 0.3) is 0 Å². The lowest BCUT2D eigenvalue weighted by Crippen LogP contribution is -1.82. The number of hydrogen-bond donors (Lipinski definition) is 3. The van der Waals surface area contributed by atoms with Crippen LogP contribution in [0.25, 0.3) is 0 Å². The Hall–Kier alpha value is -1.71. The second kappa shape index (κ2) is 2.49. The number of aromatic hydroxyl groups is 3. The van der Waals surface area contributed by atoms with E-state index in [-0.39, 0.29) is 17.6 Å². The zero-order chi connectivity index (χ0) is 8.43. The van der Waals surface area contributed by atoms with Crippen LogP contribution in [-0.4, -0.2) is 21.6 Å². The van der Waals surface area contributed by atoms with Crippen LogP contribution in [0.1, 0.15) is 10.4 Å². The van der Waals surface area contributed by atoms with Gasteiger partial charge < -0.3 is 15.3 Å². The molecule has 0 fully saturated rings. The second-order valence-corrected chi connectivity index (χ2v) is 1.98. The first-order valence-electron chi connectivity index (χ1n) is 2.86. The van der Waals surface area contributed by atoms with E-state index in [1.165, 1.54) is 0 Å². The van der Waals surface area contributed by atoms with E-state index in [0.29, 0.717) is 0 Å². The molecule has 0 aliphatic rings. The SMILES string of the molecule is O=Cc1c(O)ccc(O)c1O. The normalized spacial score (nSPS) is 9.45. The third kappa shape index (κ3) is 1.10. The molecule has 4 nitrogen and oxygen atoms in total. The van der Waals surface area contributed by atoms with Gasteiger partial charge in [-0.25, -0.2) is 0 Å². The standard InChI is InChI=1S/C7H6O4/c8-3-4-5(9)1-2-6(10)7(4)11/h1-3,9-11H. The van der Waals surface area contributed by atoms with E-state index in [1.807, 2.05) is 0 Å². The van der Waals surface area contributed by atoms with Crippen molar-refractivity contribution in [3.05, 3.63) is 17.7 Å². The number of hydrogen-bond acceptors (Lipinski definition) is 4. The zero-order valence-corrected chi connectivity index (χ0v) is 5.48. The summed E-state index contributed by atoms with van der Waals surface area (Å²) in [5.74, 6) is -1.37. The van der Waals surface area contributed by atoms with Crippen molar-refractivity contribution >= 4 is 6.29 Å². The minimum atomic E-state index is -0.597. The Morgan fingerprint density at radius 1 is 1.09 bits per heavy atom. The molecule has 4 heteroatoms. The number of carbonyl (C=O) groups excluding carboxylic acids is 1. The zero-order valence-electron chi connectivity index (χ0n) is 5.48. The lowest BCUT2D eigenvalue weighted by molar-refractivity contribution is 0.111. The van der Waals surface area contributed by atoms with Gasteiger partial charge in [-0.1, -0.05) is 0 Å². The van der Waals surface area contributed by atoms with Crippen LogP contribution in [0.3, 0.4) is 0 Å². The van der Waals surface area contributed by atoms with Crippen LogP contribution in [0.4, 0.5) is 0 Å². The van der Waals surface area contributed by atoms with Crippen molar-refractivity contribution in [1.82, 2.24) is 0 Å². The summed E-state index contributed by atoms with van der Waals surface area (Å²) < 4.78 is 0. The van der Waals surface area contributed by atoms with Gasteiger partial charge in [-0.05, 0) is 12.1 Å². The average molecular weight is 154 g/mol. The maximum Gasteiger partial charge on any atom is 0.171 e. The van der Waals surface area contributed by atoms with Gasteiger partial charge in [-0.15, -0.1) is 0 Å². The Bertz CT molecular complexity index is 293. The fourth-order valence-corrected chi connectivity index (χ4v) is 0.702. The van der Waals surface area contributed by atoms with E-state index in [1.54, 1.807) is 0 Å². The molecule has 1 rings (SSSR count). The Morgan fingerprint density at radius 2 is 1.64 bits per heavy atom. The maximum atomic E-state index is 10.2. The number of aldehydes is 1. The summed E-state index contributed by atoms with van der Waals surface area (Å²) in [7, 11) is 0. The van der Waals surface area contributed by atoms with Crippen LogP contribution in [0.15, 0.2) is 12.1 Å². The molecule has 58 valence electrons. The monoisotopic (exact) mass is 154 g/mol. The Morgan fingerprint density at radius 3 is 2.09 bits per heavy atom. The quantitative estimate of drug-likeness (QED) is 0.314. The molecule has 0 saturated heterocycles. The van der Waals surface area contributed by atoms with Crippen LogP contribution in [0, 0.1) is 0 Å². The Balaban J connectivity index is 3.40. The molecule has 3 N–H and O–H groups in total. The largest absolute Gasteiger partial charge is 0.507 e. The van der Waals surface area contributed by atoms with Crippen LogP contribution in [0.2, 0.25) is 0 Å². The molecule has 0 aliphatic carbocycles. The summed E-state index contributed by atoms with van der Waals surface area (Å²) in [4.78, 5) is 10.2. The highest BCUT2D eigenvalue weighted by Crippen LogP contribution is 2.33. The van der Waals surface area contributed by atoms with Crippen LogP contribution < -0.4 is 0 Å². The van der Waals surface area contributed by atoms with Gasteiger partial charge in [0, 0.05) is 0 Å². The van der Waals surface area contributed by atoms with E-state index in [2.05, 4.69) is 0 Å². The Kier molecular flexibility index (Phi) is 1.68. The third-order valence-corrected chi connectivity index (χ3v) is 1.29. The van der Waals surface area contributed by atoms with Crippen LogP contribution in [0.5, 0.6) is 17.2 Å². The molecule has 0 bridgehead atoms. The second-order valence-electron chi connectivity index (χ2n) is 1.98. The van der Waals surface area contributed by atoms with E-state index in [0.717, 1.165) is 12.1 Å². The van der Waals surface area contributed by atoms with Crippen molar-refractivity contribution < 1.29 is 20.1 Å². The third-order valence-electron chi connectivity index (χ3n) is 1.29. The van der Waals surface area contributed by atoms with Gasteiger partial charge in [0.05, 0.1) is 0 Å². The van der Waals surface area contributed by atoms with Crippen molar-refractivity contribution in [1.29, 1.82) is 0 Å². The summed E-state index contributed by atoms with van der Waals surface area (Å²) in [6, 6.07) is 2.22. The molecule has 1 aromatic rings. The van der Waals surface area contributed by atoms with Crippen molar-refractivity contribution in [3.63, 3.8) is 0 Å². The van der Waals surface area contributed by atoms with E-state index < -0.39 is 11.5 Å². The highest BCUT2D eigenvalue weighted by Gasteiger charge is 2.09. The fourth-order valence-electron chi connectivity index (χ4n) is 0.702. The average Bonchev–Trinajstić information content (AvgIpc) is 1.99. The summed E-state index contributed by atoms with van der Waals surface area (Å²) >= 11 is 0. The molecule has 1 aromatic carbocycles. The van der Waals surface area contributed by atoms with Crippen molar-refractivity contribution in [2.45, 2.75) is 0 Å². The number of benzene rings is 1. The predicted octanol–water partition coefficient (Wildman–Crippen LogP) is 0.616. The topological polar surface area (TPSA) is 77.8 Å². The summed E-state index contributed by atoms with van der Waals surface area (Å²) in [5, 5.41) is 26.7. The molecule has 0 heterocycles.